The van der Waals surface area contributed by atoms with Gasteiger partial charge in [0.1, 0.15) is 0 Å². The van der Waals surface area contributed by atoms with E-state index in [2.05, 4.69) is 15.0 Å². The van der Waals surface area contributed by atoms with Crippen molar-refractivity contribution < 1.29 is 14.3 Å². The van der Waals surface area contributed by atoms with Gasteiger partial charge in [-0.1, -0.05) is 0 Å². The first-order valence-electron chi connectivity index (χ1n) is 7.93. The smallest absolute Gasteiger partial charge is 0.337 e. The van der Waals surface area contributed by atoms with E-state index in [0.717, 1.165) is 5.69 Å². The number of nitrogens with one attached hydrogen (secondary N) is 1. The van der Waals surface area contributed by atoms with Crippen LogP contribution >= 0.6 is 11.3 Å². The predicted octanol–water partition coefficient (Wildman–Crippen LogP) is 1.82. The number of rotatable bonds is 5. The van der Waals surface area contributed by atoms with E-state index in [-0.39, 0.29) is 11.5 Å². The van der Waals surface area contributed by atoms with Crippen LogP contribution in [0.25, 0.3) is 4.96 Å². The lowest BCUT2D eigenvalue weighted by atomic mass is 10.1. The van der Waals surface area contributed by atoms with E-state index < -0.39 is 5.97 Å². The zero-order valence-corrected chi connectivity index (χ0v) is 15.1. The molecule has 0 atom stereocenters. The summed E-state index contributed by atoms with van der Waals surface area (Å²) in [4.78, 5) is 40.7. The van der Waals surface area contributed by atoms with E-state index in [4.69, 9.17) is 0 Å². The Morgan fingerprint density at radius 1 is 1.23 bits per heavy atom. The molecule has 1 N–H and O–H groups in total. The molecule has 0 saturated heterocycles. The SMILES string of the molecule is COC(=O)c1ccc(C(=O)NCCc2csc3nc(C)cc(=O)n23)cc1. The van der Waals surface area contributed by atoms with Crippen LogP contribution in [-0.4, -0.2) is 34.9 Å². The second kappa shape index (κ2) is 7.49. The fourth-order valence-corrected chi connectivity index (χ4v) is 3.51. The Kier molecular flexibility index (Phi) is 5.13. The number of ether oxygens (including phenoxy) is 1. The van der Waals surface area contributed by atoms with Gasteiger partial charge >= 0.3 is 5.97 Å². The minimum atomic E-state index is -0.449. The van der Waals surface area contributed by atoms with E-state index in [1.165, 1.54) is 24.5 Å². The van der Waals surface area contributed by atoms with E-state index in [0.29, 0.717) is 34.7 Å². The molecule has 8 heteroatoms. The van der Waals surface area contributed by atoms with Crippen LogP contribution in [0.3, 0.4) is 0 Å². The lowest BCUT2D eigenvalue weighted by Crippen LogP contribution is -2.26. The van der Waals surface area contributed by atoms with Gasteiger partial charge in [-0.3, -0.25) is 14.0 Å². The number of carbonyl (C=O) groups excluding carboxylic acids is 2. The summed E-state index contributed by atoms with van der Waals surface area (Å²) >= 11 is 1.40. The van der Waals surface area contributed by atoms with E-state index in [9.17, 15) is 14.4 Å². The van der Waals surface area contributed by atoms with Gasteiger partial charge in [-0.15, -0.1) is 11.3 Å². The summed E-state index contributed by atoms with van der Waals surface area (Å²) in [5, 5.41) is 4.68. The summed E-state index contributed by atoms with van der Waals surface area (Å²) in [6, 6.07) is 7.71. The number of aryl methyl sites for hydroxylation is 1. The number of esters is 1. The maximum absolute atomic E-state index is 12.2. The maximum Gasteiger partial charge on any atom is 0.337 e. The number of aromatic nitrogens is 2. The Bertz CT molecular complexity index is 1020. The minimum Gasteiger partial charge on any atom is -0.465 e. The molecule has 0 unspecified atom stereocenters. The van der Waals surface area contributed by atoms with Crippen LogP contribution in [-0.2, 0) is 11.2 Å². The molecule has 0 fully saturated rings. The highest BCUT2D eigenvalue weighted by atomic mass is 32.1. The molecule has 1 aromatic carbocycles. The highest BCUT2D eigenvalue weighted by molar-refractivity contribution is 7.15. The van der Waals surface area contributed by atoms with Crippen molar-refractivity contribution >= 4 is 28.2 Å². The second-order valence-corrected chi connectivity index (χ2v) is 6.49. The van der Waals surface area contributed by atoms with Gasteiger partial charge in [-0.2, -0.15) is 0 Å². The molecule has 0 bridgehead atoms. The number of benzene rings is 1. The highest BCUT2D eigenvalue weighted by Crippen LogP contribution is 2.13. The van der Waals surface area contributed by atoms with Crippen LogP contribution in [0.1, 0.15) is 32.1 Å². The maximum atomic E-state index is 12.2. The van der Waals surface area contributed by atoms with Gasteiger partial charge in [0.15, 0.2) is 4.96 Å². The molecule has 2 aromatic heterocycles. The third kappa shape index (κ3) is 3.65. The first kappa shape index (κ1) is 17.8. The van der Waals surface area contributed by atoms with Crippen LogP contribution in [0.5, 0.6) is 0 Å². The third-order valence-electron chi connectivity index (χ3n) is 3.84. The van der Waals surface area contributed by atoms with Crippen molar-refractivity contribution in [2.75, 3.05) is 13.7 Å². The topological polar surface area (TPSA) is 89.8 Å². The Balaban J connectivity index is 1.64. The molecule has 1 amide bonds. The normalized spacial score (nSPS) is 10.7. The predicted molar refractivity (Wildman–Crippen MR) is 97.9 cm³/mol. The number of hydrogen-bond acceptors (Lipinski definition) is 6. The Morgan fingerprint density at radius 3 is 2.62 bits per heavy atom. The van der Waals surface area contributed by atoms with Crippen molar-refractivity contribution in [2.24, 2.45) is 0 Å². The molecule has 0 aliphatic rings. The van der Waals surface area contributed by atoms with Gasteiger partial charge in [-0.05, 0) is 31.2 Å². The molecule has 0 saturated carbocycles. The molecule has 3 rings (SSSR count). The van der Waals surface area contributed by atoms with Gasteiger partial charge in [0.2, 0.25) is 0 Å². The summed E-state index contributed by atoms with van der Waals surface area (Å²) in [7, 11) is 1.30. The van der Waals surface area contributed by atoms with Crippen molar-refractivity contribution in [3.8, 4) is 0 Å². The molecule has 7 nitrogen and oxygen atoms in total. The summed E-state index contributed by atoms with van der Waals surface area (Å²) in [5.74, 6) is -0.696. The zero-order valence-electron chi connectivity index (χ0n) is 14.3. The zero-order chi connectivity index (χ0) is 18.7. The van der Waals surface area contributed by atoms with Crippen LogP contribution in [0.15, 0.2) is 40.5 Å². The molecule has 0 spiro atoms. The summed E-state index contributed by atoms with van der Waals surface area (Å²) in [6.45, 7) is 2.16. The van der Waals surface area contributed by atoms with Crippen LogP contribution in [0, 0.1) is 6.92 Å². The van der Waals surface area contributed by atoms with E-state index >= 15 is 0 Å². The van der Waals surface area contributed by atoms with Gasteiger partial charge < -0.3 is 10.1 Å². The van der Waals surface area contributed by atoms with Crippen molar-refractivity contribution in [2.45, 2.75) is 13.3 Å². The quantitative estimate of drug-likeness (QED) is 0.691. The highest BCUT2D eigenvalue weighted by Gasteiger charge is 2.10. The minimum absolute atomic E-state index is 0.117. The van der Waals surface area contributed by atoms with Gasteiger partial charge in [0.25, 0.3) is 11.5 Å². The van der Waals surface area contributed by atoms with Crippen LogP contribution in [0.4, 0.5) is 0 Å². The molecular weight excluding hydrogens is 354 g/mol. The average molecular weight is 371 g/mol. The molecular formula is C18H17N3O4S. The molecule has 3 aromatic rings. The molecule has 0 aliphatic carbocycles. The standard InChI is InChI=1S/C18H17N3O4S/c1-11-9-15(22)21-14(10-26-18(21)20-11)7-8-19-16(23)12-3-5-13(6-4-12)17(24)25-2/h3-6,9-10H,7-8H2,1-2H3,(H,19,23). The molecule has 0 aliphatic heterocycles. The van der Waals surface area contributed by atoms with Crippen molar-refractivity contribution in [1.29, 1.82) is 0 Å². The number of hydrogen-bond donors (Lipinski definition) is 1. The second-order valence-electron chi connectivity index (χ2n) is 5.66. The third-order valence-corrected chi connectivity index (χ3v) is 4.71. The lowest BCUT2D eigenvalue weighted by Gasteiger charge is -2.06. The van der Waals surface area contributed by atoms with Crippen molar-refractivity contribution in [3.05, 3.63) is 68.6 Å². The number of nitrogens with zero attached hydrogens (tertiary/aromatic N) is 2. The molecule has 0 radical (unpaired) electrons. The average Bonchev–Trinajstić information content (AvgIpc) is 3.04. The van der Waals surface area contributed by atoms with Crippen molar-refractivity contribution in [3.63, 3.8) is 0 Å². The number of amides is 1. The number of thiazole rings is 1. The molecule has 134 valence electrons. The Labute approximate surface area is 153 Å². The van der Waals surface area contributed by atoms with Gasteiger partial charge in [0.05, 0.1) is 12.7 Å². The fourth-order valence-electron chi connectivity index (χ4n) is 2.54. The van der Waals surface area contributed by atoms with Crippen LogP contribution in [0.2, 0.25) is 0 Å². The first-order chi connectivity index (χ1) is 12.5. The largest absolute Gasteiger partial charge is 0.465 e. The summed E-state index contributed by atoms with van der Waals surface area (Å²) in [5.41, 5.74) is 2.21. The summed E-state index contributed by atoms with van der Waals surface area (Å²) < 4.78 is 6.19. The van der Waals surface area contributed by atoms with Gasteiger partial charge in [0, 0.05) is 41.4 Å². The molecule has 2 heterocycles. The molecule has 26 heavy (non-hydrogen) atoms. The number of methoxy groups -OCH3 is 1. The first-order valence-corrected chi connectivity index (χ1v) is 8.81. The number of carbonyl (C=O) groups is 2. The Hall–Kier alpha value is -3.00. The van der Waals surface area contributed by atoms with E-state index in [1.807, 2.05) is 5.38 Å². The van der Waals surface area contributed by atoms with E-state index in [1.54, 1.807) is 35.6 Å². The monoisotopic (exact) mass is 371 g/mol. The van der Waals surface area contributed by atoms with Crippen molar-refractivity contribution in [1.82, 2.24) is 14.7 Å². The Morgan fingerprint density at radius 2 is 1.92 bits per heavy atom. The number of fused-ring (bicyclic) bond motifs is 1. The lowest BCUT2D eigenvalue weighted by molar-refractivity contribution is 0.0600. The summed E-state index contributed by atoms with van der Waals surface area (Å²) in [6.07, 6.45) is 0.511. The van der Waals surface area contributed by atoms with Crippen LogP contribution < -0.4 is 10.9 Å². The van der Waals surface area contributed by atoms with Gasteiger partial charge in [-0.25, -0.2) is 9.78 Å². The fraction of sp³-hybridized carbons (Fsp3) is 0.222.